The minimum atomic E-state index is -0.281. The lowest BCUT2D eigenvalue weighted by atomic mass is 9.83. The van der Waals surface area contributed by atoms with Gasteiger partial charge in [0.15, 0.2) is 0 Å². The van der Waals surface area contributed by atoms with Gasteiger partial charge in [0.1, 0.15) is 5.60 Å². The molecule has 2 aliphatic rings. The second-order valence-electron chi connectivity index (χ2n) is 8.04. The van der Waals surface area contributed by atoms with Crippen molar-refractivity contribution in [1.29, 1.82) is 0 Å². The molecule has 1 N–H and O–H groups in total. The highest BCUT2D eigenvalue weighted by molar-refractivity contribution is 5.85. The van der Waals surface area contributed by atoms with Gasteiger partial charge in [0.05, 0.1) is 18.3 Å². The predicted octanol–water partition coefficient (Wildman–Crippen LogP) is 3.41. The summed E-state index contributed by atoms with van der Waals surface area (Å²) in [5.74, 6) is 0.200. The van der Waals surface area contributed by atoms with Gasteiger partial charge >= 0.3 is 0 Å². The molecule has 1 unspecified atom stereocenters. The first kappa shape index (κ1) is 17.5. The Bertz CT molecular complexity index is 983. The number of rotatable bonds is 3. The second kappa shape index (κ2) is 6.78. The van der Waals surface area contributed by atoms with Crippen molar-refractivity contribution in [3.8, 4) is 0 Å². The van der Waals surface area contributed by atoms with Crippen molar-refractivity contribution in [1.82, 2.24) is 19.7 Å². The first-order valence-corrected chi connectivity index (χ1v) is 10.2. The summed E-state index contributed by atoms with van der Waals surface area (Å²) in [4.78, 5) is 18.4. The molecule has 3 aromatic rings. The summed E-state index contributed by atoms with van der Waals surface area (Å²) in [6.07, 6.45) is 6.78. The van der Waals surface area contributed by atoms with Crippen molar-refractivity contribution >= 4 is 16.8 Å². The van der Waals surface area contributed by atoms with Crippen molar-refractivity contribution < 1.29 is 9.53 Å². The highest BCUT2D eigenvalue weighted by Gasteiger charge is 2.43. The van der Waals surface area contributed by atoms with Crippen molar-refractivity contribution in [3.63, 3.8) is 0 Å². The number of aromatic nitrogens is 3. The SMILES string of the molecule is CC(CC(=O)N1CCC2(CC1)OCCc1c2[nH]c2ccccc12)n1cccn1. The monoisotopic (exact) mass is 378 g/mol. The molecule has 1 saturated heterocycles. The van der Waals surface area contributed by atoms with Gasteiger partial charge in [-0.25, -0.2) is 0 Å². The molecular weight excluding hydrogens is 352 g/mol. The summed E-state index contributed by atoms with van der Waals surface area (Å²) in [5.41, 5.74) is 3.53. The first-order chi connectivity index (χ1) is 13.7. The van der Waals surface area contributed by atoms with Gasteiger partial charge in [-0.2, -0.15) is 5.10 Å². The molecule has 1 fully saturated rings. The number of hydrogen-bond donors (Lipinski definition) is 1. The molecule has 146 valence electrons. The number of carbonyl (C=O) groups is 1. The molecule has 1 atom stereocenters. The molecule has 1 spiro atoms. The highest BCUT2D eigenvalue weighted by Crippen LogP contribution is 2.43. The number of aromatic amines is 1. The maximum atomic E-state index is 12.8. The van der Waals surface area contributed by atoms with E-state index in [2.05, 4.69) is 34.3 Å². The van der Waals surface area contributed by atoms with E-state index in [1.54, 1.807) is 6.20 Å². The van der Waals surface area contributed by atoms with Gasteiger partial charge in [-0.05, 0) is 43.9 Å². The van der Waals surface area contributed by atoms with Crippen LogP contribution in [-0.4, -0.2) is 45.3 Å². The molecule has 1 amide bonds. The molecule has 4 heterocycles. The zero-order valence-corrected chi connectivity index (χ0v) is 16.2. The Labute approximate surface area is 164 Å². The fourth-order valence-electron chi connectivity index (χ4n) is 4.80. The lowest BCUT2D eigenvalue weighted by Crippen LogP contribution is -2.48. The zero-order valence-electron chi connectivity index (χ0n) is 16.2. The average Bonchev–Trinajstić information content (AvgIpc) is 3.38. The Morgan fingerprint density at radius 2 is 2.11 bits per heavy atom. The van der Waals surface area contributed by atoms with Crippen LogP contribution < -0.4 is 0 Å². The molecule has 0 aliphatic carbocycles. The predicted molar refractivity (Wildman–Crippen MR) is 107 cm³/mol. The number of hydrogen-bond acceptors (Lipinski definition) is 3. The molecular formula is C22H26N4O2. The van der Waals surface area contributed by atoms with Crippen LogP contribution in [0.5, 0.6) is 0 Å². The molecule has 2 aromatic heterocycles. The molecule has 5 rings (SSSR count). The van der Waals surface area contributed by atoms with Gasteiger partial charge in [-0.15, -0.1) is 0 Å². The molecule has 6 nitrogen and oxygen atoms in total. The Kier molecular flexibility index (Phi) is 4.23. The van der Waals surface area contributed by atoms with Crippen molar-refractivity contribution in [3.05, 3.63) is 54.0 Å². The average molecular weight is 378 g/mol. The number of para-hydroxylation sites is 1. The number of likely N-dealkylation sites (tertiary alicyclic amines) is 1. The Balaban J connectivity index is 1.32. The van der Waals surface area contributed by atoms with Gasteiger partial charge in [0, 0.05) is 42.8 Å². The number of benzene rings is 1. The molecule has 0 radical (unpaired) electrons. The summed E-state index contributed by atoms with van der Waals surface area (Å²) in [7, 11) is 0. The van der Waals surface area contributed by atoms with E-state index in [0.29, 0.717) is 6.42 Å². The maximum Gasteiger partial charge on any atom is 0.224 e. The Morgan fingerprint density at radius 3 is 2.89 bits per heavy atom. The molecule has 0 saturated carbocycles. The molecule has 0 bridgehead atoms. The number of piperidine rings is 1. The van der Waals surface area contributed by atoms with E-state index in [9.17, 15) is 4.79 Å². The summed E-state index contributed by atoms with van der Waals surface area (Å²) in [5, 5.41) is 5.56. The quantitative estimate of drug-likeness (QED) is 0.760. The fourth-order valence-corrected chi connectivity index (χ4v) is 4.80. The van der Waals surface area contributed by atoms with Crippen LogP contribution in [0.2, 0.25) is 0 Å². The van der Waals surface area contributed by atoms with Crippen LogP contribution in [-0.2, 0) is 21.6 Å². The lowest BCUT2D eigenvalue weighted by Gasteiger charge is -2.44. The summed E-state index contributed by atoms with van der Waals surface area (Å²) in [6.45, 7) is 4.26. The van der Waals surface area contributed by atoms with E-state index in [1.807, 2.05) is 28.8 Å². The summed E-state index contributed by atoms with van der Waals surface area (Å²) >= 11 is 0. The van der Waals surface area contributed by atoms with E-state index in [4.69, 9.17) is 4.74 Å². The largest absolute Gasteiger partial charge is 0.368 e. The van der Waals surface area contributed by atoms with Crippen LogP contribution in [0.3, 0.4) is 0 Å². The zero-order chi connectivity index (χ0) is 19.1. The standard InChI is InChI=1S/C22H26N4O2/c1-16(26-11-4-10-23-26)15-20(27)25-12-8-22(9-13-25)21-18(7-14-28-22)17-5-2-3-6-19(17)24-21/h2-6,10-11,16,24H,7-9,12-15H2,1H3. The van der Waals surface area contributed by atoms with E-state index in [-0.39, 0.29) is 17.6 Å². The number of amides is 1. The van der Waals surface area contributed by atoms with Crippen LogP contribution in [0.1, 0.15) is 43.5 Å². The third kappa shape index (κ3) is 2.83. The third-order valence-electron chi connectivity index (χ3n) is 6.37. The Hall–Kier alpha value is -2.60. The Morgan fingerprint density at radius 1 is 1.29 bits per heavy atom. The number of ether oxygens (including phenoxy) is 1. The maximum absolute atomic E-state index is 12.8. The summed E-state index contributed by atoms with van der Waals surface area (Å²) in [6, 6.07) is 10.5. The minimum absolute atomic E-state index is 0.0737. The topological polar surface area (TPSA) is 63.1 Å². The van der Waals surface area contributed by atoms with Gasteiger partial charge < -0.3 is 14.6 Å². The van der Waals surface area contributed by atoms with Crippen LogP contribution in [0.15, 0.2) is 42.7 Å². The highest BCUT2D eigenvalue weighted by atomic mass is 16.5. The molecule has 1 aromatic carbocycles. The van der Waals surface area contributed by atoms with Crippen LogP contribution in [0.4, 0.5) is 0 Å². The number of carbonyl (C=O) groups excluding carboxylic acids is 1. The minimum Gasteiger partial charge on any atom is -0.368 e. The molecule has 28 heavy (non-hydrogen) atoms. The van der Waals surface area contributed by atoms with Gasteiger partial charge in [0.2, 0.25) is 5.91 Å². The van der Waals surface area contributed by atoms with Gasteiger partial charge in [-0.3, -0.25) is 9.48 Å². The molecule has 2 aliphatic heterocycles. The van der Waals surface area contributed by atoms with Crippen molar-refractivity contribution in [2.24, 2.45) is 0 Å². The van der Waals surface area contributed by atoms with Crippen molar-refractivity contribution in [2.75, 3.05) is 19.7 Å². The van der Waals surface area contributed by atoms with Gasteiger partial charge in [-0.1, -0.05) is 18.2 Å². The lowest BCUT2D eigenvalue weighted by molar-refractivity contribution is -0.141. The van der Waals surface area contributed by atoms with Gasteiger partial charge in [0.25, 0.3) is 0 Å². The third-order valence-corrected chi connectivity index (χ3v) is 6.37. The number of H-pyrrole nitrogens is 1. The van der Waals surface area contributed by atoms with Crippen LogP contribution in [0.25, 0.3) is 10.9 Å². The van der Waals surface area contributed by atoms with E-state index in [1.165, 1.54) is 22.2 Å². The first-order valence-electron chi connectivity index (χ1n) is 10.2. The van der Waals surface area contributed by atoms with E-state index in [0.717, 1.165) is 39.0 Å². The molecule has 6 heteroatoms. The van der Waals surface area contributed by atoms with Crippen LogP contribution >= 0.6 is 0 Å². The van der Waals surface area contributed by atoms with Crippen molar-refractivity contribution in [2.45, 2.75) is 44.2 Å². The smallest absolute Gasteiger partial charge is 0.224 e. The number of fused-ring (bicyclic) bond motifs is 4. The van der Waals surface area contributed by atoms with Crippen LogP contribution in [0, 0.1) is 0 Å². The fraction of sp³-hybridized carbons (Fsp3) is 0.455. The van der Waals surface area contributed by atoms with E-state index < -0.39 is 0 Å². The van der Waals surface area contributed by atoms with E-state index >= 15 is 0 Å². The second-order valence-corrected chi connectivity index (χ2v) is 8.04. The number of nitrogens with one attached hydrogen (secondary N) is 1. The normalized spacial score (nSPS) is 19.7. The summed E-state index contributed by atoms with van der Waals surface area (Å²) < 4.78 is 8.20. The number of nitrogens with zero attached hydrogens (tertiary/aromatic N) is 3.